The van der Waals surface area contributed by atoms with Crippen LogP contribution in [0.3, 0.4) is 0 Å². The number of sulfonamides is 1. The fourth-order valence-electron chi connectivity index (χ4n) is 1.29. The molecule has 1 aromatic rings. The van der Waals surface area contributed by atoms with Crippen LogP contribution >= 0.6 is 0 Å². The topological polar surface area (TPSA) is 85.1 Å². The maximum atomic E-state index is 11.8. The third-order valence-electron chi connectivity index (χ3n) is 2.33. The van der Waals surface area contributed by atoms with E-state index in [2.05, 4.69) is 9.71 Å². The van der Waals surface area contributed by atoms with Gasteiger partial charge in [-0.2, -0.15) is 0 Å². The van der Waals surface area contributed by atoms with Crippen LogP contribution in [-0.2, 0) is 10.0 Å². The lowest BCUT2D eigenvalue weighted by Gasteiger charge is -2.15. The van der Waals surface area contributed by atoms with Crippen molar-refractivity contribution >= 4 is 15.7 Å². The Balaban J connectivity index is 2.84. The molecule has 0 aliphatic rings. The fraction of sp³-hybridized carbons (Fsp3) is 0.500. The summed E-state index contributed by atoms with van der Waals surface area (Å²) in [6, 6.07) is 3.43. The lowest BCUT2D eigenvalue weighted by molar-refractivity contribution is 0.581. The molecule has 0 bridgehead atoms. The number of aryl methyl sites for hydroxylation is 1. The van der Waals surface area contributed by atoms with Gasteiger partial charge in [0, 0.05) is 12.2 Å². The monoisotopic (exact) mass is 243 g/mol. The van der Waals surface area contributed by atoms with Gasteiger partial charge in [-0.3, -0.25) is 9.71 Å². The summed E-state index contributed by atoms with van der Waals surface area (Å²) in [4.78, 5) is 4.02. The van der Waals surface area contributed by atoms with Gasteiger partial charge in [-0.1, -0.05) is 6.92 Å². The van der Waals surface area contributed by atoms with Crippen molar-refractivity contribution in [2.45, 2.75) is 25.5 Å². The van der Waals surface area contributed by atoms with Crippen LogP contribution in [0, 0.1) is 6.92 Å². The number of nitrogens with one attached hydrogen (secondary N) is 1. The van der Waals surface area contributed by atoms with Crippen LogP contribution in [0.1, 0.15) is 19.0 Å². The molecule has 1 aromatic heterocycles. The number of hydrogen-bond donors (Lipinski definition) is 2. The van der Waals surface area contributed by atoms with E-state index in [0.29, 0.717) is 12.1 Å². The van der Waals surface area contributed by atoms with E-state index in [1.54, 1.807) is 19.1 Å². The number of nitrogens with zero attached hydrogens (tertiary/aromatic N) is 1. The van der Waals surface area contributed by atoms with Gasteiger partial charge in [0.2, 0.25) is 10.0 Å². The molecule has 0 saturated carbocycles. The summed E-state index contributed by atoms with van der Waals surface area (Å²) in [6.07, 6.45) is 1.99. The molecule has 6 heteroatoms. The first-order valence-corrected chi connectivity index (χ1v) is 6.68. The maximum Gasteiger partial charge on any atom is 0.236 e. The molecule has 16 heavy (non-hydrogen) atoms. The number of pyridine rings is 1. The molecule has 1 unspecified atom stereocenters. The maximum absolute atomic E-state index is 11.8. The van der Waals surface area contributed by atoms with Gasteiger partial charge in [-0.05, 0) is 25.5 Å². The predicted molar refractivity (Wildman–Crippen MR) is 64.6 cm³/mol. The molecule has 0 aliphatic heterocycles. The minimum absolute atomic E-state index is 0.116. The normalized spacial score (nSPS) is 13.4. The molecule has 0 aromatic carbocycles. The second-order valence-electron chi connectivity index (χ2n) is 3.60. The second kappa shape index (κ2) is 5.27. The van der Waals surface area contributed by atoms with Crippen LogP contribution in [0.4, 0.5) is 5.69 Å². The lowest BCUT2D eigenvalue weighted by Crippen LogP contribution is -2.33. The van der Waals surface area contributed by atoms with Gasteiger partial charge in [0.05, 0.1) is 17.1 Å². The Morgan fingerprint density at radius 2 is 2.19 bits per heavy atom. The van der Waals surface area contributed by atoms with Crippen molar-refractivity contribution < 1.29 is 8.42 Å². The van der Waals surface area contributed by atoms with Crippen LogP contribution in [0.5, 0.6) is 0 Å². The second-order valence-corrected chi connectivity index (χ2v) is 5.56. The Hall–Kier alpha value is -1.14. The van der Waals surface area contributed by atoms with Crippen molar-refractivity contribution in [3.63, 3.8) is 0 Å². The van der Waals surface area contributed by atoms with Gasteiger partial charge >= 0.3 is 0 Å². The average Bonchev–Trinajstić information content (AvgIpc) is 2.22. The van der Waals surface area contributed by atoms with Crippen LogP contribution in [0.2, 0.25) is 0 Å². The van der Waals surface area contributed by atoms with E-state index in [0.717, 1.165) is 5.69 Å². The molecule has 5 nitrogen and oxygen atoms in total. The predicted octanol–water partition coefficient (Wildman–Crippen LogP) is 0.869. The van der Waals surface area contributed by atoms with Crippen LogP contribution in [-0.4, -0.2) is 25.2 Å². The number of anilines is 1. The molecule has 1 heterocycles. The lowest BCUT2D eigenvalue weighted by atomic mass is 10.3. The molecule has 1 rings (SSSR count). The minimum Gasteiger partial charge on any atom is -0.329 e. The van der Waals surface area contributed by atoms with E-state index in [4.69, 9.17) is 5.73 Å². The SMILES string of the molecule is CCC(CN)S(=O)(=O)Nc1ccc(C)nc1. The smallest absolute Gasteiger partial charge is 0.236 e. The highest BCUT2D eigenvalue weighted by molar-refractivity contribution is 7.93. The highest BCUT2D eigenvalue weighted by atomic mass is 32.2. The van der Waals surface area contributed by atoms with E-state index in [-0.39, 0.29) is 6.54 Å². The zero-order valence-electron chi connectivity index (χ0n) is 9.47. The van der Waals surface area contributed by atoms with Crippen molar-refractivity contribution in [1.29, 1.82) is 0 Å². The molecule has 0 fully saturated rings. The highest BCUT2D eigenvalue weighted by Crippen LogP contribution is 2.12. The van der Waals surface area contributed by atoms with Crippen molar-refractivity contribution in [2.24, 2.45) is 5.73 Å². The van der Waals surface area contributed by atoms with Crippen molar-refractivity contribution in [1.82, 2.24) is 4.98 Å². The number of nitrogens with two attached hydrogens (primary N) is 1. The largest absolute Gasteiger partial charge is 0.329 e. The van der Waals surface area contributed by atoms with Crippen molar-refractivity contribution in [3.8, 4) is 0 Å². The van der Waals surface area contributed by atoms with Crippen molar-refractivity contribution in [2.75, 3.05) is 11.3 Å². The molecular weight excluding hydrogens is 226 g/mol. The van der Waals surface area contributed by atoms with E-state index in [1.165, 1.54) is 6.20 Å². The summed E-state index contributed by atoms with van der Waals surface area (Å²) >= 11 is 0. The molecule has 0 spiro atoms. The summed E-state index contributed by atoms with van der Waals surface area (Å²) in [5.74, 6) is 0. The standard InChI is InChI=1S/C10H17N3O2S/c1-3-10(6-11)16(14,15)13-9-5-4-8(2)12-7-9/h4-5,7,10,13H,3,6,11H2,1-2H3. The molecular formula is C10H17N3O2S. The Bertz CT molecular complexity index is 424. The summed E-state index contributed by atoms with van der Waals surface area (Å²) in [6.45, 7) is 3.75. The minimum atomic E-state index is -3.40. The molecule has 90 valence electrons. The molecule has 1 atom stereocenters. The zero-order chi connectivity index (χ0) is 12.2. The van der Waals surface area contributed by atoms with E-state index < -0.39 is 15.3 Å². The van der Waals surface area contributed by atoms with Crippen LogP contribution < -0.4 is 10.5 Å². The number of rotatable bonds is 5. The summed E-state index contributed by atoms with van der Waals surface area (Å²) in [5.41, 5.74) is 6.72. The molecule has 0 radical (unpaired) electrons. The van der Waals surface area contributed by atoms with Gasteiger partial charge < -0.3 is 5.73 Å². The van der Waals surface area contributed by atoms with Gasteiger partial charge in [0.15, 0.2) is 0 Å². The molecule has 0 aliphatic carbocycles. The van der Waals surface area contributed by atoms with Gasteiger partial charge in [0.25, 0.3) is 0 Å². The van der Waals surface area contributed by atoms with E-state index >= 15 is 0 Å². The quantitative estimate of drug-likeness (QED) is 0.803. The first kappa shape index (κ1) is 12.9. The first-order valence-electron chi connectivity index (χ1n) is 5.14. The highest BCUT2D eigenvalue weighted by Gasteiger charge is 2.21. The Kier molecular flexibility index (Phi) is 4.26. The third-order valence-corrected chi connectivity index (χ3v) is 4.25. The zero-order valence-corrected chi connectivity index (χ0v) is 10.3. The van der Waals surface area contributed by atoms with E-state index in [9.17, 15) is 8.42 Å². The third kappa shape index (κ3) is 3.18. The Labute approximate surface area is 96.1 Å². The number of aromatic nitrogens is 1. The fourth-order valence-corrected chi connectivity index (χ4v) is 2.60. The summed E-state index contributed by atoms with van der Waals surface area (Å²) < 4.78 is 26.1. The molecule has 0 saturated heterocycles. The van der Waals surface area contributed by atoms with Crippen LogP contribution in [0.15, 0.2) is 18.3 Å². The van der Waals surface area contributed by atoms with E-state index in [1.807, 2.05) is 6.92 Å². The summed E-state index contributed by atoms with van der Waals surface area (Å²) in [5, 5.41) is -0.561. The Morgan fingerprint density at radius 3 is 2.62 bits per heavy atom. The summed E-state index contributed by atoms with van der Waals surface area (Å²) in [7, 11) is -3.40. The van der Waals surface area contributed by atoms with Gasteiger partial charge in [-0.25, -0.2) is 8.42 Å². The van der Waals surface area contributed by atoms with Gasteiger partial charge in [-0.15, -0.1) is 0 Å². The van der Waals surface area contributed by atoms with Gasteiger partial charge in [0.1, 0.15) is 0 Å². The van der Waals surface area contributed by atoms with Crippen LogP contribution in [0.25, 0.3) is 0 Å². The Morgan fingerprint density at radius 1 is 1.50 bits per heavy atom. The number of hydrogen-bond acceptors (Lipinski definition) is 4. The van der Waals surface area contributed by atoms with Crippen molar-refractivity contribution in [3.05, 3.63) is 24.0 Å². The molecule has 0 amide bonds. The first-order chi connectivity index (χ1) is 7.49. The molecule has 3 N–H and O–H groups in total. The average molecular weight is 243 g/mol.